The van der Waals surface area contributed by atoms with Crippen LogP contribution in [0.15, 0.2) is 65.8 Å². The smallest absolute Gasteiger partial charge is 0.410 e. The van der Waals surface area contributed by atoms with Crippen LogP contribution in [0, 0.1) is 0 Å². The summed E-state index contributed by atoms with van der Waals surface area (Å²) in [4.78, 5) is 26.0. The third kappa shape index (κ3) is 8.98. The number of benzene rings is 2. The molecule has 1 amide bonds. The number of unbranched alkanes of at least 4 members (excludes halogenated alkanes) is 2. The van der Waals surface area contributed by atoms with Gasteiger partial charge in [-0.1, -0.05) is 67.1 Å². The zero-order chi connectivity index (χ0) is 27.8. The first kappa shape index (κ1) is 29.4. The zero-order valence-electron chi connectivity index (χ0n) is 23.7. The fourth-order valence-electron chi connectivity index (χ4n) is 4.46. The molecule has 0 radical (unpaired) electrons. The van der Waals surface area contributed by atoms with Crippen LogP contribution in [0.25, 0.3) is 0 Å². The van der Waals surface area contributed by atoms with Gasteiger partial charge in [0.1, 0.15) is 11.9 Å². The molecule has 0 spiro atoms. The molecule has 2 aromatic carbocycles. The molecule has 0 aliphatic carbocycles. The van der Waals surface area contributed by atoms with Crippen molar-refractivity contribution < 1.29 is 19.1 Å². The molecular formula is C31H43N3O4. The van der Waals surface area contributed by atoms with Crippen molar-refractivity contribution in [2.75, 3.05) is 13.1 Å². The van der Waals surface area contributed by atoms with Crippen molar-refractivity contribution in [1.29, 1.82) is 0 Å². The van der Waals surface area contributed by atoms with Crippen molar-refractivity contribution in [3.63, 3.8) is 0 Å². The molecule has 7 nitrogen and oxygen atoms in total. The van der Waals surface area contributed by atoms with Crippen LogP contribution in [0.4, 0.5) is 4.79 Å². The third-order valence-corrected chi connectivity index (χ3v) is 6.07. The Balaban J connectivity index is 2.02. The minimum atomic E-state index is -0.609. The van der Waals surface area contributed by atoms with Gasteiger partial charge < -0.3 is 14.3 Å². The van der Waals surface area contributed by atoms with E-state index < -0.39 is 17.4 Å². The second-order valence-corrected chi connectivity index (χ2v) is 11.7. The molecule has 0 aromatic heterocycles. The van der Waals surface area contributed by atoms with Crippen LogP contribution >= 0.6 is 0 Å². The minimum absolute atomic E-state index is 0.132. The summed E-state index contributed by atoms with van der Waals surface area (Å²) >= 11 is 0. The number of hydrogen-bond acceptors (Lipinski definition) is 6. The molecule has 0 bridgehead atoms. The van der Waals surface area contributed by atoms with Crippen molar-refractivity contribution in [3.8, 4) is 0 Å². The Morgan fingerprint density at radius 2 is 1.47 bits per heavy atom. The van der Waals surface area contributed by atoms with Gasteiger partial charge in [-0.05, 0) is 54.4 Å². The van der Waals surface area contributed by atoms with Gasteiger partial charge in [0.15, 0.2) is 6.23 Å². The Bertz CT molecular complexity index is 1020. The molecule has 2 unspecified atom stereocenters. The van der Waals surface area contributed by atoms with Crippen molar-refractivity contribution in [2.24, 2.45) is 5.10 Å². The van der Waals surface area contributed by atoms with Crippen LogP contribution in [0.2, 0.25) is 0 Å². The summed E-state index contributed by atoms with van der Waals surface area (Å²) in [6.45, 7) is 12.5. The molecule has 1 aliphatic heterocycles. The standard InChI is InChI=1S/C31H43N3O4/c1-30(2,3)37-27-23-33(29(36)38-31(4,5)6)26(20-14-9-15-21-35)22-34(27)32-28(24-16-10-7-11-17-24)25-18-12-8-13-19-25/h7-8,10-13,16-19,21,26-27H,9,14-15,20,22-23H2,1-6H3. The van der Waals surface area contributed by atoms with E-state index in [0.29, 0.717) is 19.5 Å². The number of rotatable bonds is 9. The van der Waals surface area contributed by atoms with E-state index in [9.17, 15) is 9.59 Å². The number of hydrazone groups is 1. The molecule has 2 aromatic rings. The molecule has 1 fully saturated rings. The lowest BCUT2D eigenvalue weighted by Gasteiger charge is -2.46. The number of hydrogen-bond donors (Lipinski definition) is 0. The average molecular weight is 522 g/mol. The largest absolute Gasteiger partial charge is 0.444 e. The second-order valence-electron chi connectivity index (χ2n) is 11.7. The van der Waals surface area contributed by atoms with Crippen molar-refractivity contribution in [1.82, 2.24) is 9.91 Å². The predicted octanol–water partition coefficient (Wildman–Crippen LogP) is 6.26. The maximum atomic E-state index is 13.3. The van der Waals surface area contributed by atoms with Crippen molar-refractivity contribution in [2.45, 2.75) is 90.7 Å². The maximum Gasteiger partial charge on any atom is 0.410 e. The molecule has 0 saturated carbocycles. The van der Waals surface area contributed by atoms with E-state index in [4.69, 9.17) is 14.6 Å². The summed E-state index contributed by atoms with van der Waals surface area (Å²) in [6, 6.07) is 20.1. The Morgan fingerprint density at radius 1 is 0.895 bits per heavy atom. The highest BCUT2D eigenvalue weighted by Crippen LogP contribution is 2.27. The summed E-state index contributed by atoms with van der Waals surface area (Å²) in [5, 5.41) is 7.19. The summed E-state index contributed by atoms with van der Waals surface area (Å²) < 4.78 is 12.3. The van der Waals surface area contributed by atoms with Gasteiger partial charge in [0, 0.05) is 17.5 Å². The summed E-state index contributed by atoms with van der Waals surface area (Å²) in [6.07, 6.45) is 3.01. The van der Waals surface area contributed by atoms with E-state index in [2.05, 4.69) is 24.3 Å². The summed E-state index contributed by atoms with van der Waals surface area (Å²) in [5.74, 6) is 0. The predicted molar refractivity (Wildman–Crippen MR) is 151 cm³/mol. The van der Waals surface area contributed by atoms with Gasteiger partial charge in [0.05, 0.1) is 30.4 Å². The highest BCUT2D eigenvalue weighted by Gasteiger charge is 2.40. The van der Waals surface area contributed by atoms with Crippen LogP contribution in [-0.2, 0) is 14.3 Å². The van der Waals surface area contributed by atoms with E-state index >= 15 is 0 Å². The van der Waals surface area contributed by atoms with Gasteiger partial charge in [0.25, 0.3) is 0 Å². The number of carbonyl (C=O) groups is 2. The monoisotopic (exact) mass is 521 g/mol. The lowest BCUT2D eigenvalue weighted by atomic mass is 10.0. The van der Waals surface area contributed by atoms with Crippen molar-refractivity contribution >= 4 is 18.1 Å². The number of nitrogens with zero attached hydrogens (tertiary/aromatic N) is 3. The van der Waals surface area contributed by atoms with E-state index in [1.54, 1.807) is 4.90 Å². The van der Waals surface area contributed by atoms with Gasteiger partial charge >= 0.3 is 6.09 Å². The Morgan fingerprint density at radius 3 is 1.97 bits per heavy atom. The molecular weight excluding hydrogens is 478 g/mol. The molecule has 38 heavy (non-hydrogen) atoms. The maximum absolute atomic E-state index is 13.3. The van der Waals surface area contributed by atoms with Crippen LogP contribution < -0.4 is 0 Å². The average Bonchev–Trinajstić information content (AvgIpc) is 2.85. The molecule has 3 rings (SSSR count). The van der Waals surface area contributed by atoms with E-state index in [-0.39, 0.29) is 12.1 Å². The first-order valence-electron chi connectivity index (χ1n) is 13.5. The number of aldehydes is 1. The van der Waals surface area contributed by atoms with Crippen LogP contribution in [-0.4, -0.2) is 64.6 Å². The molecule has 7 heteroatoms. The number of piperazine rings is 1. The quantitative estimate of drug-likeness (QED) is 0.221. The summed E-state index contributed by atoms with van der Waals surface area (Å²) in [7, 11) is 0. The Labute approximate surface area is 227 Å². The Hall–Kier alpha value is -3.19. The van der Waals surface area contributed by atoms with Crippen LogP contribution in [0.1, 0.15) is 78.4 Å². The fraction of sp³-hybridized carbons (Fsp3) is 0.516. The van der Waals surface area contributed by atoms with E-state index in [1.165, 1.54) is 0 Å². The number of carbonyl (C=O) groups excluding carboxylic acids is 2. The molecule has 0 N–H and O–H groups in total. The highest BCUT2D eigenvalue weighted by atomic mass is 16.6. The molecule has 1 saturated heterocycles. The number of ether oxygens (including phenoxy) is 2. The lowest BCUT2D eigenvalue weighted by molar-refractivity contribution is -0.167. The number of amides is 1. The van der Waals surface area contributed by atoms with Crippen molar-refractivity contribution in [3.05, 3.63) is 71.8 Å². The van der Waals surface area contributed by atoms with Gasteiger partial charge in [-0.15, -0.1) is 0 Å². The SMILES string of the molecule is CC(C)(C)OC(=O)N1CC(OC(C)(C)C)N(N=C(c2ccccc2)c2ccccc2)CC1CCCCC=O. The first-order chi connectivity index (χ1) is 18.0. The van der Waals surface area contributed by atoms with Gasteiger partial charge in [-0.3, -0.25) is 9.91 Å². The Kier molecular flexibility index (Phi) is 10.1. The fourth-order valence-corrected chi connectivity index (χ4v) is 4.46. The minimum Gasteiger partial charge on any atom is -0.444 e. The third-order valence-electron chi connectivity index (χ3n) is 6.07. The van der Waals surface area contributed by atoms with Gasteiger partial charge in [-0.25, -0.2) is 4.79 Å². The topological polar surface area (TPSA) is 71.4 Å². The van der Waals surface area contributed by atoms with Gasteiger partial charge in [0.2, 0.25) is 0 Å². The first-order valence-corrected chi connectivity index (χ1v) is 13.5. The highest BCUT2D eigenvalue weighted by molar-refractivity contribution is 6.12. The normalized spacial score (nSPS) is 18.2. The van der Waals surface area contributed by atoms with E-state index in [1.807, 2.05) is 82.9 Å². The lowest BCUT2D eigenvalue weighted by Crippen LogP contribution is -2.61. The molecule has 1 heterocycles. The zero-order valence-corrected chi connectivity index (χ0v) is 23.7. The van der Waals surface area contributed by atoms with Crippen LogP contribution in [0.5, 0.6) is 0 Å². The molecule has 2 atom stereocenters. The second kappa shape index (κ2) is 13.1. The van der Waals surface area contributed by atoms with Gasteiger partial charge in [-0.2, -0.15) is 5.10 Å². The summed E-state index contributed by atoms with van der Waals surface area (Å²) in [5.41, 5.74) is 1.80. The molecule has 1 aliphatic rings. The molecule has 206 valence electrons. The van der Waals surface area contributed by atoms with Crippen LogP contribution in [0.3, 0.4) is 0 Å². The van der Waals surface area contributed by atoms with E-state index in [0.717, 1.165) is 42.4 Å².